The van der Waals surface area contributed by atoms with Crippen molar-refractivity contribution in [1.29, 1.82) is 0 Å². The molecule has 0 spiro atoms. The summed E-state index contributed by atoms with van der Waals surface area (Å²) in [4.78, 5) is 34.1. The van der Waals surface area contributed by atoms with Crippen molar-refractivity contribution >= 4 is 22.4 Å². The molecule has 1 aromatic carbocycles. The molecule has 6 nitrogen and oxygen atoms in total. The zero-order chi connectivity index (χ0) is 22.0. The number of aromatic nitrogens is 3. The van der Waals surface area contributed by atoms with Crippen molar-refractivity contribution in [2.45, 2.75) is 27.3 Å². The largest absolute Gasteiger partial charge is 0.311 e. The van der Waals surface area contributed by atoms with E-state index >= 15 is 0 Å². The second-order valence-electron chi connectivity index (χ2n) is 7.46. The Balaban J connectivity index is 1.47. The van der Waals surface area contributed by atoms with Gasteiger partial charge in [-0.3, -0.25) is 19.9 Å². The molecule has 0 saturated carbocycles. The van der Waals surface area contributed by atoms with E-state index in [2.05, 4.69) is 15.3 Å². The lowest BCUT2D eigenvalue weighted by atomic mass is 10.1. The summed E-state index contributed by atoms with van der Waals surface area (Å²) in [5.74, 6) is -0.367. The zero-order valence-corrected chi connectivity index (χ0v) is 18.4. The minimum atomic E-state index is -0.367. The fourth-order valence-electron chi connectivity index (χ4n) is 3.18. The summed E-state index contributed by atoms with van der Waals surface area (Å²) in [5, 5.41) is 5.09. The van der Waals surface area contributed by atoms with E-state index < -0.39 is 0 Å². The van der Waals surface area contributed by atoms with E-state index in [-0.39, 0.29) is 11.5 Å². The summed E-state index contributed by atoms with van der Waals surface area (Å²) >= 11 is 1.32. The Morgan fingerprint density at radius 3 is 2.61 bits per heavy atom. The Labute approximate surface area is 184 Å². The number of thiazole rings is 1. The van der Waals surface area contributed by atoms with Crippen molar-refractivity contribution < 1.29 is 4.79 Å². The molecular weight excluding hydrogens is 408 g/mol. The molecule has 0 radical (unpaired) electrons. The smallest absolute Gasteiger partial charge is 0.257 e. The van der Waals surface area contributed by atoms with Gasteiger partial charge in [0, 0.05) is 28.9 Å². The molecule has 0 atom stereocenters. The van der Waals surface area contributed by atoms with E-state index in [1.165, 1.54) is 17.4 Å². The number of nitrogens with zero attached hydrogens (tertiary/aromatic N) is 3. The standard InChI is InChI=1S/C24H22N4O2S/c1-15-5-4-6-18(11-15)13-28-10-9-19(12-22(28)29)23(30)27-24-26-21(14-31-24)20-8-7-16(2)17(3)25-20/h4-12,14H,13H2,1-3H3,(H,26,27,30). The van der Waals surface area contributed by atoms with Gasteiger partial charge in [0.25, 0.3) is 11.5 Å². The highest BCUT2D eigenvalue weighted by Crippen LogP contribution is 2.24. The lowest BCUT2D eigenvalue weighted by Gasteiger charge is -2.08. The number of pyridine rings is 2. The molecule has 1 N–H and O–H groups in total. The highest BCUT2D eigenvalue weighted by molar-refractivity contribution is 7.14. The van der Waals surface area contributed by atoms with Gasteiger partial charge in [0.05, 0.1) is 12.2 Å². The van der Waals surface area contributed by atoms with Gasteiger partial charge < -0.3 is 4.57 Å². The van der Waals surface area contributed by atoms with Crippen LogP contribution in [0.15, 0.2) is 64.9 Å². The van der Waals surface area contributed by atoms with Crippen LogP contribution in [0.2, 0.25) is 0 Å². The summed E-state index contributed by atoms with van der Waals surface area (Å²) in [5.41, 5.74) is 5.78. The Hall–Kier alpha value is -3.58. The minimum Gasteiger partial charge on any atom is -0.311 e. The van der Waals surface area contributed by atoms with Crippen molar-refractivity contribution in [3.63, 3.8) is 0 Å². The van der Waals surface area contributed by atoms with Gasteiger partial charge in [0.15, 0.2) is 5.13 Å². The number of carbonyl (C=O) groups excluding carboxylic acids is 1. The maximum absolute atomic E-state index is 12.6. The molecule has 1 amide bonds. The van der Waals surface area contributed by atoms with Crippen molar-refractivity contribution in [1.82, 2.24) is 14.5 Å². The summed E-state index contributed by atoms with van der Waals surface area (Å²) in [6, 6.07) is 14.9. The van der Waals surface area contributed by atoms with Crippen molar-refractivity contribution in [2.75, 3.05) is 5.32 Å². The maximum atomic E-state index is 12.6. The first-order valence-corrected chi connectivity index (χ1v) is 10.7. The topological polar surface area (TPSA) is 76.9 Å². The van der Waals surface area contributed by atoms with Crippen LogP contribution in [0.1, 0.15) is 32.7 Å². The molecule has 0 unspecified atom stereocenters. The zero-order valence-electron chi connectivity index (χ0n) is 17.5. The Bertz CT molecular complexity index is 1320. The number of hydrogen-bond donors (Lipinski definition) is 1. The minimum absolute atomic E-state index is 0.228. The number of amides is 1. The van der Waals surface area contributed by atoms with Crippen LogP contribution < -0.4 is 10.9 Å². The van der Waals surface area contributed by atoms with Gasteiger partial charge in [-0.15, -0.1) is 11.3 Å². The Morgan fingerprint density at radius 1 is 1.03 bits per heavy atom. The van der Waals surface area contributed by atoms with Crippen LogP contribution >= 0.6 is 11.3 Å². The van der Waals surface area contributed by atoms with Crippen LogP contribution in [0.5, 0.6) is 0 Å². The van der Waals surface area contributed by atoms with Crippen LogP contribution in [0.4, 0.5) is 5.13 Å². The lowest BCUT2D eigenvalue weighted by molar-refractivity contribution is 0.102. The van der Waals surface area contributed by atoms with E-state index in [1.807, 2.05) is 62.5 Å². The normalized spacial score (nSPS) is 10.8. The highest BCUT2D eigenvalue weighted by atomic mass is 32.1. The first-order valence-electron chi connectivity index (χ1n) is 9.86. The Kier molecular flexibility index (Phi) is 5.77. The van der Waals surface area contributed by atoms with Crippen molar-refractivity contribution in [3.8, 4) is 11.4 Å². The number of rotatable bonds is 5. The molecule has 3 heterocycles. The SMILES string of the molecule is Cc1cccc(Cn2ccc(C(=O)Nc3nc(-c4ccc(C)c(C)n4)cs3)cc2=O)c1. The summed E-state index contributed by atoms with van der Waals surface area (Å²) in [7, 11) is 0. The third-order valence-corrected chi connectivity index (χ3v) is 5.79. The van der Waals surface area contributed by atoms with E-state index in [0.29, 0.717) is 22.9 Å². The summed E-state index contributed by atoms with van der Waals surface area (Å²) in [6.07, 6.45) is 1.64. The van der Waals surface area contributed by atoms with Crippen LogP contribution in [-0.4, -0.2) is 20.4 Å². The number of benzene rings is 1. The molecule has 4 rings (SSSR count). The fraction of sp³-hybridized carbons (Fsp3) is 0.167. The predicted molar refractivity (Wildman–Crippen MR) is 124 cm³/mol. The van der Waals surface area contributed by atoms with Gasteiger partial charge in [-0.1, -0.05) is 35.9 Å². The number of nitrogens with one attached hydrogen (secondary N) is 1. The van der Waals surface area contributed by atoms with E-state index in [4.69, 9.17) is 0 Å². The average Bonchev–Trinajstić information content (AvgIpc) is 3.20. The highest BCUT2D eigenvalue weighted by Gasteiger charge is 2.12. The van der Waals surface area contributed by atoms with Crippen molar-refractivity contribution in [3.05, 3.63) is 98.4 Å². The monoisotopic (exact) mass is 430 g/mol. The molecule has 3 aromatic heterocycles. The third-order valence-electron chi connectivity index (χ3n) is 5.03. The fourth-order valence-corrected chi connectivity index (χ4v) is 3.88. The second-order valence-corrected chi connectivity index (χ2v) is 8.32. The van der Waals surface area contributed by atoms with E-state index in [0.717, 1.165) is 28.1 Å². The van der Waals surface area contributed by atoms with Gasteiger partial charge in [0.2, 0.25) is 0 Å². The maximum Gasteiger partial charge on any atom is 0.257 e. The average molecular weight is 431 g/mol. The second kappa shape index (κ2) is 8.65. The van der Waals surface area contributed by atoms with Crippen LogP contribution in [-0.2, 0) is 6.54 Å². The molecular formula is C24H22N4O2S. The van der Waals surface area contributed by atoms with Gasteiger partial charge in [-0.25, -0.2) is 4.98 Å². The third kappa shape index (κ3) is 4.78. The Morgan fingerprint density at radius 2 is 1.87 bits per heavy atom. The predicted octanol–water partition coefficient (Wildman–Crippen LogP) is 4.59. The number of carbonyl (C=O) groups is 1. The number of anilines is 1. The summed E-state index contributed by atoms with van der Waals surface area (Å²) in [6.45, 7) is 6.43. The number of hydrogen-bond acceptors (Lipinski definition) is 5. The molecule has 0 aliphatic carbocycles. The molecule has 0 aliphatic heterocycles. The molecule has 0 bridgehead atoms. The van der Waals surface area contributed by atoms with E-state index in [1.54, 1.807) is 16.8 Å². The van der Waals surface area contributed by atoms with Crippen molar-refractivity contribution in [2.24, 2.45) is 0 Å². The van der Waals surface area contributed by atoms with Gasteiger partial charge in [-0.05, 0) is 44.0 Å². The molecule has 0 saturated heterocycles. The molecule has 7 heteroatoms. The van der Waals surface area contributed by atoms with Crippen LogP contribution in [0, 0.1) is 20.8 Å². The van der Waals surface area contributed by atoms with Gasteiger partial charge >= 0.3 is 0 Å². The molecule has 156 valence electrons. The van der Waals surface area contributed by atoms with Crippen LogP contribution in [0.25, 0.3) is 11.4 Å². The van der Waals surface area contributed by atoms with Crippen LogP contribution in [0.3, 0.4) is 0 Å². The first-order chi connectivity index (χ1) is 14.9. The molecule has 4 aromatic rings. The lowest BCUT2D eigenvalue weighted by Crippen LogP contribution is -2.22. The molecule has 0 fully saturated rings. The van der Waals surface area contributed by atoms with Gasteiger partial charge in [0.1, 0.15) is 5.69 Å². The molecule has 0 aliphatic rings. The van der Waals surface area contributed by atoms with E-state index in [9.17, 15) is 9.59 Å². The first kappa shape index (κ1) is 20.7. The van der Waals surface area contributed by atoms with Gasteiger partial charge in [-0.2, -0.15) is 0 Å². The number of aryl methyl sites for hydroxylation is 3. The quantitative estimate of drug-likeness (QED) is 0.502. The molecule has 31 heavy (non-hydrogen) atoms. The summed E-state index contributed by atoms with van der Waals surface area (Å²) < 4.78 is 1.58.